The Hall–Kier alpha value is -0.610. The minimum absolute atomic E-state index is 0.373. The van der Waals surface area contributed by atoms with Crippen molar-refractivity contribution in [3.8, 4) is 0 Å². The molecule has 10 heavy (non-hydrogen) atoms. The summed E-state index contributed by atoms with van der Waals surface area (Å²) < 4.78 is 0. The van der Waals surface area contributed by atoms with Gasteiger partial charge in [0, 0.05) is 0 Å². The largest absolute Gasteiger partial charge is 0.481 e. The van der Waals surface area contributed by atoms with Crippen molar-refractivity contribution in [2.45, 2.75) is 25.0 Å². The van der Waals surface area contributed by atoms with Gasteiger partial charge in [0.1, 0.15) is 0 Å². The van der Waals surface area contributed by atoms with E-state index in [1.165, 1.54) is 0 Å². The molecule has 0 heterocycles. The Morgan fingerprint density at radius 2 is 1.90 bits per heavy atom. The first kappa shape index (κ1) is 7.50. The summed E-state index contributed by atoms with van der Waals surface area (Å²) in [6.45, 7) is 0. The van der Waals surface area contributed by atoms with Gasteiger partial charge in [0.2, 0.25) is 0 Å². The highest BCUT2D eigenvalue weighted by atomic mass is 16.4. The van der Waals surface area contributed by atoms with Gasteiger partial charge in [-0.05, 0) is 12.8 Å². The minimum Gasteiger partial charge on any atom is -0.481 e. The molecular formula is C6H10O4. The van der Waals surface area contributed by atoms with Crippen molar-refractivity contribution in [2.75, 3.05) is 0 Å². The molecule has 0 amide bonds. The van der Waals surface area contributed by atoms with E-state index in [1.54, 1.807) is 0 Å². The highest BCUT2D eigenvalue weighted by Gasteiger charge is 2.37. The molecule has 1 fully saturated rings. The molecule has 0 saturated heterocycles. The molecule has 1 aliphatic rings. The Bertz CT molecular complexity index is 145. The monoisotopic (exact) mass is 146 g/mol. The van der Waals surface area contributed by atoms with Gasteiger partial charge in [0.25, 0.3) is 0 Å². The average Bonchev–Trinajstić information content (AvgIpc) is 2.14. The van der Waals surface area contributed by atoms with Gasteiger partial charge in [0.05, 0.1) is 18.1 Å². The van der Waals surface area contributed by atoms with E-state index >= 15 is 0 Å². The van der Waals surface area contributed by atoms with Crippen LogP contribution in [0.1, 0.15) is 12.8 Å². The van der Waals surface area contributed by atoms with Crippen molar-refractivity contribution < 1.29 is 20.1 Å². The molecule has 0 bridgehead atoms. The van der Waals surface area contributed by atoms with Crippen LogP contribution in [0, 0.1) is 5.92 Å². The van der Waals surface area contributed by atoms with Crippen molar-refractivity contribution in [1.29, 1.82) is 0 Å². The third-order valence-electron chi connectivity index (χ3n) is 1.90. The van der Waals surface area contributed by atoms with Crippen molar-refractivity contribution in [3.63, 3.8) is 0 Å². The predicted molar refractivity (Wildman–Crippen MR) is 32.4 cm³/mol. The second-order valence-corrected chi connectivity index (χ2v) is 2.58. The normalized spacial score (nSPS) is 40.0. The molecule has 58 valence electrons. The van der Waals surface area contributed by atoms with Gasteiger partial charge in [-0.25, -0.2) is 0 Å². The fourth-order valence-corrected chi connectivity index (χ4v) is 1.23. The number of aliphatic hydroxyl groups is 2. The Labute approximate surface area is 58.1 Å². The first-order valence-corrected chi connectivity index (χ1v) is 3.22. The van der Waals surface area contributed by atoms with E-state index in [0.29, 0.717) is 12.8 Å². The first-order chi connectivity index (χ1) is 4.63. The minimum atomic E-state index is -1.07. The molecule has 0 unspecified atom stereocenters. The second-order valence-electron chi connectivity index (χ2n) is 2.58. The third-order valence-corrected chi connectivity index (χ3v) is 1.90. The summed E-state index contributed by atoms with van der Waals surface area (Å²) in [5.74, 6) is -1.79. The Morgan fingerprint density at radius 1 is 1.30 bits per heavy atom. The number of hydrogen-bond acceptors (Lipinski definition) is 3. The zero-order valence-electron chi connectivity index (χ0n) is 5.40. The summed E-state index contributed by atoms with van der Waals surface area (Å²) in [5, 5.41) is 26.3. The molecule has 1 rings (SSSR count). The quantitative estimate of drug-likeness (QED) is 0.452. The molecule has 0 radical (unpaired) electrons. The lowest BCUT2D eigenvalue weighted by molar-refractivity contribution is -0.145. The fraction of sp³-hybridized carbons (Fsp3) is 0.833. The zero-order valence-corrected chi connectivity index (χ0v) is 5.40. The van der Waals surface area contributed by atoms with Crippen LogP contribution < -0.4 is 0 Å². The zero-order chi connectivity index (χ0) is 7.72. The molecule has 0 aromatic rings. The van der Waals surface area contributed by atoms with Crippen LogP contribution in [-0.2, 0) is 4.79 Å². The van der Waals surface area contributed by atoms with Crippen molar-refractivity contribution in [3.05, 3.63) is 0 Å². The van der Waals surface area contributed by atoms with Gasteiger partial charge in [-0.2, -0.15) is 0 Å². The number of carboxylic acids is 1. The first-order valence-electron chi connectivity index (χ1n) is 3.22. The molecule has 0 aromatic carbocycles. The second kappa shape index (κ2) is 2.56. The van der Waals surface area contributed by atoms with Crippen LogP contribution in [0.5, 0.6) is 0 Å². The van der Waals surface area contributed by atoms with Crippen LogP contribution in [0.25, 0.3) is 0 Å². The Morgan fingerprint density at radius 3 is 2.10 bits per heavy atom. The van der Waals surface area contributed by atoms with Crippen molar-refractivity contribution in [2.24, 2.45) is 5.92 Å². The lowest BCUT2D eigenvalue weighted by atomic mass is 10.1. The SMILES string of the molecule is O=C(O)[C@H]1CC[C@@H](O)[C@@H]1O. The molecule has 1 aliphatic carbocycles. The van der Waals surface area contributed by atoms with Gasteiger partial charge >= 0.3 is 5.97 Å². The molecule has 1 saturated carbocycles. The number of aliphatic carboxylic acids is 1. The highest BCUT2D eigenvalue weighted by molar-refractivity contribution is 5.71. The van der Waals surface area contributed by atoms with Crippen LogP contribution >= 0.6 is 0 Å². The lowest BCUT2D eigenvalue weighted by Gasteiger charge is -2.10. The summed E-state index contributed by atoms with van der Waals surface area (Å²) in [4.78, 5) is 10.3. The Kier molecular flexibility index (Phi) is 1.92. The van der Waals surface area contributed by atoms with E-state index in [4.69, 9.17) is 15.3 Å². The van der Waals surface area contributed by atoms with E-state index in [2.05, 4.69) is 0 Å². The molecule has 4 nitrogen and oxygen atoms in total. The van der Waals surface area contributed by atoms with Gasteiger partial charge < -0.3 is 15.3 Å². The van der Waals surface area contributed by atoms with Gasteiger partial charge in [-0.15, -0.1) is 0 Å². The van der Waals surface area contributed by atoms with Crippen LogP contribution in [-0.4, -0.2) is 33.5 Å². The fourth-order valence-electron chi connectivity index (χ4n) is 1.23. The van der Waals surface area contributed by atoms with E-state index in [1.807, 2.05) is 0 Å². The highest BCUT2D eigenvalue weighted by Crippen LogP contribution is 2.25. The van der Waals surface area contributed by atoms with Crippen molar-refractivity contribution in [1.82, 2.24) is 0 Å². The molecule has 0 aromatic heterocycles. The predicted octanol–water partition coefficient (Wildman–Crippen LogP) is -0.797. The summed E-state index contributed by atoms with van der Waals surface area (Å²) in [6, 6.07) is 0. The van der Waals surface area contributed by atoms with Crippen LogP contribution in [0.4, 0.5) is 0 Å². The van der Waals surface area contributed by atoms with Crippen molar-refractivity contribution >= 4 is 5.97 Å². The van der Waals surface area contributed by atoms with Crippen LogP contribution in [0.15, 0.2) is 0 Å². The van der Waals surface area contributed by atoms with E-state index < -0.39 is 24.1 Å². The van der Waals surface area contributed by atoms with Crippen LogP contribution in [0.2, 0.25) is 0 Å². The maximum Gasteiger partial charge on any atom is 0.309 e. The maximum absolute atomic E-state index is 10.3. The smallest absolute Gasteiger partial charge is 0.309 e. The van der Waals surface area contributed by atoms with Gasteiger partial charge in [-0.1, -0.05) is 0 Å². The van der Waals surface area contributed by atoms with Gasteiger partial charge in [0.15, 0.2) is 0 Å². The topological polar surface area (TPSA) is 77.8 Å². The lowest BCUT2D eigenvalue weighted by Crippen LogP contribution is -2.29. The molecule has 0 aliphatic heterocycles. The standard InChI is InChI=1S/C6H10O4/c7-4-2-1-3(5(4)8)6(9)10/h3-5,7-8H,1-2H2,(H,9,10)/t3-,4+,5+/m0/s1. The maximum atomic E-state index is 10.3. The average molecular weight is 146 g/mol. The number of carboxylic acid groups (broad SMARTS) is 1. The van der Waals surface area contributed by atoms with E-state index in [0.717, 1.165) is 0 Å². The molecule has 3 N–H and O–H groups in total. The number of carbonyl (C=O) groups is 1. The third kappa shape index (κ3) is 1.12. The van der Waals surface area contributed by atoms with E-state index in [-0.39, 0.29) is 0 Å². The van der Waals surface area contributed by atoms with E-state index in [9.17, 15) is 4.79 Å². The molecule has 0 spiro atoms. The van der Waals surface area contributed by atoms with Gasteiger partial charge in [-0.3, -0.25) is 4.79 Å². The molecule has 4 heteroatoms. The number of hydrogen-bond donors (Lipinski definition) is 3. The number of aliphatic hydroxyl groups excluding tert-OH is 2. The summed E-state index contributed by atoms with van der Waals surface area (Å²) in [7, 11) is 0. The summed E-state index contributed by atoms with van der Waals surface area (Å²) in [6.07, 6.45) is -1.16. The van der Waals surface area contributed by atoms with Crippen LogP contribution in [0.3, 0.4) is 0 Å². The summed E-state index contributed by atoms with van der Waals surface area (Å²) >= 11 is 0. The number of rotatable bonds is 1. The molecular weight excluding hydrogens is 136 g/mol. The molecule has 3 atom stereocenters. The Balaban J connectivity index is 2.57. The summed E-state index contributed by atoms with van der Waals surface area (Å²) in [5.41, 5.74) is 0.